The largest absolute Gasteiger partial charge is 0.465 e. The fraction of sp³-hybridized carbons (Fsp3) is 0.706. The Morgan fingerprint density at radius 1 is 1.20 bits per heavy atom. The molecule has 1 unspecified atom stereocenters. The van der Waals surface area contributed by atoms with Gasteiger partial charge < -0.3 is 14.5 Å². The lowest BCUT2D eigenvalue weighted by Crippen LogP contribution is -2.43. The number of carbonyl (C=O) groups excluding carboxylic acids is 1. The molecule has 2 saturated heterocycles. The van der Waals surface area contributed by atoms with E-state index in [1.54, 1.807) is 13.8 Å². The maximum Gasteiger partial charge on any atom is 0.342 e. The molecule has 3 rings (SSSR count). The van der Waals surface area contributed by atoms with Gasteiger partial charge in [-0.25, -0.2) is 13.2 Å². The van der Waals surface area contributed by atoms with Crippen molar-refractivity contribution in [2.75, 3.05) is 26.7 Å². The molecule has 140 valence electrons. The molecule has 0 saturated carbocycles. The number of aryl methyl sites for hydroxylation is 2. The predicted molar refractivity (Wildman–Crippen MR) is 92.0 cm³/mol. The van der Waals surface area contributed by atoms with E-state index in [1.807, 2.05) is 0 Å². The Balaban J connectivity index is 1.82. The van der Waals surface area contributed by atoms with Crippen LogP contribution in [0.4, 0.5) is 0 Å². The number of sulfonamides is 1. The second-order valence-electron chi connectivity index (χ2n) is 6.85. The molecule has 0 aliphatic carbocycles. The lowest BCUT2D eigenvalue weighted by molar-refractivity contribution is 0.0594. The Labute approximate surface area is 148 Å². The van der Waals surface area contributed by atoms with Crippen molar-refractivity contribution in [1.82, 2.24) is 9.62 Å². The van der Waals surface area contributed by atoms with Crippen LogP contribution in [0.3, 0.4) is 0 Å². The van der Waals surface area contributed by atoms with Gasteiger partial charge in [-0.3, -0.25) is 0 Å². The maximum atomic E-state index is 13.1. The number of ether oxygens (including phenoxy) is 1. The topological polar surface area (TPSA) is 88.8 Å². The van der Waals surface area contributed by atoms with Gasteiger partial charge in [-0.2, -0.15) is 4.31 Å². The molecule has 3 heterocycles. The summed E-state index contributed by atoms with van der Waals surface area (Å²) in [6, 6.07) is 0.508. The van der Waals surface area contributed by atoms with Crippen LogP contribution in [0.5, 0.6) is 0 Å². The number of nitrogens with one attached hydrogen (secondary N) is 1. The van der Waals surface area contributed by atoms with Gasteiger partial charge in [0.05, 0.1) is 7.11 Å². The molecule has 25 heavy (non-hydrogen) atoms. The summed E-state index contributed by atoms with van der Waals surface area (Å²) in [7, 11) is -2.55. The minimum absolute atomic E-state index is 0.0135. The van der Waals surface area contributed by atoms with E-state index in [1.165, 1.54) is 24.3 Å². The highest BCUT2D eigenvalue weighted by Gasteiger charge is 2.38. The molecule has 1 aromatic rings. The van der Waals surface area contributed by atoms with Crippen LogP contribution in [0.25, 0.3) is 0 Å². The van der Waals surface area contributed by atoms with E-state index in [0.717, 1.165) is 19.4 Å². The Morgan fingerprint density at radius 2 is 1.88 bits per heavy atom. The van der Waals surface area contributed by atoms with Crippen LogP contribution < -0.4 is 5.32 Å². The first-order valence-electron chi connectivity index (χ1n) is 8.78. The van der Waals surface area contributed by atoms with Crippen LogP contribution in [0.2, 0.25) is 0 Å². The van der Waals surface area contributed by atoms with Crippen molar-refractivity contribution in [3.63, 3.8) is 0 Å². The summed E-state index contributed by atoms with van der Waals surface area (Å²) in [5.41, 5.74) is 0.0135. The molecule has 0 spiro atoms. The summed E-state index contributed by atoms with van der Waals surface area (Å²) in [6.07, 6.45) is 4.03. The standard InChI is InChI=1S/C17H26N2O5S/c1-11-15(17(20)23-3)16(12(2)24-11)25(21,22)19-9-6-13(7-10-19)14-5-4-8-18-14/h13-14,18H,4-10H2,1-3H3. The Morgan fingerprint density at radius 3 is 2.44 bits per heavy atom. The van der Waals surface area contributed by atoms with E-state index in [2.05, 4.69) is 5.32 Å². The second-order valence-corrected chi connectivity index (χ2v) is 8.73. The normalized spacial score (nSPS) is 23.1. The van der Waals surface area contributed by atoms with E-state index in [0.29, 0.717) is 25.0 Å². The predicted octanol–water partition coefficient (Wildman–Crippen LogP) is 1.84. The molecular weight excluding hydrogens is 344 g/mol. The molecule has 8 heteroatoms. The number of furan rings is 1. The Bertz CT molecular complexity index is 741. The third-order valence-corrected chi connectivity index (χ3v) is 7.41. The van der Waals surface area contributed by atoms with Gasteiger partial charge in [-0.05, 0) is 52.0 Å². The first kappa shape index (κ1) is 18.4. The molecule has 7 nitrogen and oxygen atoms in total. The zero-order valence-electron chi connectivity index (χ0n) is 15.0. The van der Waals surface area contributed by atoms with Gasteiger partial charge in [-0.15, -0.1) is 0 Å². The fourth-order valence-corrected chi connectivity index (χ4v) is 5.91. The van der Waals surface area contributed by atoms with E-state index in [9.17, 15) is 13.2 Å². The molecule has 1 atom stereocenters. The number of carbonyl (C=O) groups is 1. The van der Waals surface area contributed by atoms with Crippen LogP contribution in [0, 0.1) is 19.8 Å². The summed E-state index contributed by atoms with van der Waals surface area (Å²) < 4.78 is 37.9. The number of piperidine rings is 1. The molecule has 2 fully saturated rings. The molecule has 0 amide bonds. The average Bonchev–Trinajstić information content (AvgIpc) is 3.22. The van der Waals surface area contributed by atoms with Gasteiger partial charge >= 0.3 is 5.97 Å². The Kier molecular flexibility index (Phi) is 5.22. The number of hydrogen-bond donors (Lipinski definition) is 1. The van der Waals surface area contributed by atoms with Crippen LogP contribution >= 0.6 is 0 Å². The van der Waals surface area contributed by atoms with Gasteiger partial charge in [0.15, 0.2) is 0 Å². The van der Waals surface area contributed by atoms with E-state index in [4.69, 9.17) is 9.15 Å². The SMILES string of the molecule is COC(=O)c1c(C)oc(C)c1S(=O)(=O)N1CCC(C2CCCN2)CC1. The van der Waals surface area contributed by atoms with Crippen molar-refractivity contribution in [1.29, 1.82) is 0 Å². The van der Waals surface area contributed by atoms with Gasteiger partial charge in [0.1, 0.15) is 22.0 Å². The highest BCUT2D eigenvalue weighted by atomic mass is 32.2. The molecule has 1 aromatic heterocycles. The lowest BCUT2D eigenvalue weighted by atomic mass is 9.89. The second kappa shape index (κ2) is 7.09. The first-order valence-corrected chi connectivity index (χ1v) is 10.2. The van der Waals surface area contributed by atoms with Gasteiger partial charge in [0.2, 0.25) is 10.0 Å². The Hall–Kier alpha value is -1.38. The number of nitrogens with zero attached hydrogens (tertiary/aromatic N) is 1. The van der Waals surface area contributed by atoms with Crippen LogP contribution in [0.15, 0.2) is 9.31 Å². The van der Waals surface area contributed by atoms with Gasteiger partial charge in [0.25, 0.3) is 0 Å². The zero-order valence-corrected chi connectivity index (χ0v) is 15.8. The summed E-state index contributed by atoms with van der Waals surface area (Å²) in [5.74, 6) is 0.338. The van der Waals surface area contributed by atoms with Gasteiger partial charge in [0, 0.05) is 19.1 Å². The highest BCUT2D eigenvalue weighted by Crippen LogP contribution is 2.33. The lowest BCUT2D eigenvalue weighted by Gasteiger charge is -2.34. The third kappa shape index (κ3) is 3.35. The van der Waals surface area contributed by atoms with Crippen LogP contribution in [0.1, 0.15) is 47.6 Å². The highest BCUT2D eigenvalue weighted by molar-refractivity contribution is 7.89. The maximum absolute atomic E-state index is 13.1. The molecule has 0 bridgehead atoms. The van der Waals surface area contributed by atoms with Gasteiger partial charge in [-0.1, -0.05) is 0 Å². The molecular formula is C17H26N2O5S. The summed E-state index contributed by atoms with van der Waals surface area (Å²) >= 11 is 0. The monoisotopic (exact) mass is 370 g/mol. The molecule has 2 aliphatic rings. The minimum atomic E-state index is -3.79. The van der Waals surface area contributed by atoms with Crippen LogP contribution in [-0.2, 0) is 14.8 Å². The van der Waals surface area contributed by atoms with E-state index >= 15 is 0 Å². The quantitative estimate of drug-likeness (QED) is 0.814. The van der Waals surface area contributed by atoms with Crippen molar-refractivity contribution in [2.24, 2.45) is 5.92 Å². The van der Waals surface area contributed by atoms with Crippen molar-refractivity contribution in [3.05, 3.63) is 17.1 Å². The average molecular weight is 370 g/mol. The minimum Gasteiger partial charge on any atom is -0.465 e. The molecule has 0 aromatic carbocycles. The summed E-state index contributed by atoms with van der Waals surface area (Å²) in [5, 5.41) is 3.51. The van der Waals surface area contributed by atoms with Crippen molar-refractivity contribution >= 4 is 16.0 Å². The third-order valence-electron chi connectivity index (χ3n) is 5.36. The van der Waals surface area contributed by atoms with Crippen LogP contribution in [-0.4, -0.2) is 51.5 Å². The molecule has 2 aliphatic heterocycles. The molecule has 1 N–H and O–H groups in total. The molecule has 0 radical (unpaired) electrons. The smallest absolute Gasteiger partial charge is 0.342 e. The number of hydrogen-bond acceptors (Lipinski definition) is 6. The summed E-state index contributed by atoms with van der Waals surface area (Å²) in [6.45, 7) is 5.14. The van der Waals surface area contributed by atoms with Crippen molar-refractivity contribution in [3.8, 4) is 0 Å². The van der Waals surface area contributed by atoms with Crippen molar-refractivity contribution in [2.45, 2.75) is 50.5 Å². The zero-order chi connectivity index (χ0) is 18.2. The van der Waals surface area contributed by atoms with E-state index < -0.39 is 16.0 Å². The number of esters is 1. The number of methoxy groups -OCH3 is 1. The summed E-state index contributed by atoms with van der Waals surface area (Å²) in [4.78, 5) is 12.0. The van der Waals surface area contributed by atoms with Crippen molar-refractivity contribution < 1.29 is 22.4 Å². The first-order chi connectivity index (χ1) is 11.9. The fourth-order valence-electron chi connectivity index (χ4n) is 4.07. The number of rotatable bonds is 4. The van der Waals surface area contributed by atoms with E-state index in [-0.39, 0.29) is 22.0 Å².